The van der Waals surface area contributed by atoms with Crippen molar-refractivity contribution >= 4 is 16.6 Å². The zero-order valence-electron chi connectivity index (χ0n) is 11.2. The zero-order chi connectivity index (χ0) is 13.5. The quantitative estimate of drug-likeness (QED) is 0.866. The van der Waals surface area contributed by atoms with Gasteiger partial charge in [-0.25, -0.2) is 0 Å². The lowest BCUT2D eigenvalue weighted by atomic mass is 9.68. The molecule has 2 aliphatic rings. The van der Waals surface area contributed by atoms with Gasteiger partial charge in [-0.15, -0.1) is 0 Å². The number of nitrogens with zero attached hydrogens (tertiary/aromatic N) is 2. The van der Waals surface area contributed by atoms with Gasteiger partial charge >= 0.3 is 0 Å². The van der Waals surface area contributed by atoms with Gasteiger partial charge in [-0.2, -0.15) is 10.2 Å². The lowest BCUT2D eigenvalue weighted by molar-refractivity contribution is -0.104. The fraction of sp³-hybridized carbons (Fsp3) is 0.467. The number of hydrogen-bond acceptors (Lipinski definition) is 5. The summed E-state index contributed by atoms with van der Waals surface area (Å²) in [5, 5.41) is 12.8. The molecule has 0 amide bonds. The number of nitrogens with one attached hydrogen (secondary N) is 1. The third-order valence-electron chi connectivity index (χ3n) is 4.55. The molecule has 5 heteroatoms. The van der Waals surface area contributed by atoms with Crippen LogP contribution in [-0.4, -0.2) is 35.0 Å². The van der Waals surface area contributed by atoms with E-state index >= 15 is 0 Å². The summed E-state index contributed by atoms with van der Waals surface area (Å²) in [6.45, 7) is 0.849. The molecule has 2 fully saturated rings. The third-order valence-corrected chi connectivity index (χ3v) is 4.55. The largest absolute Gasteiger partial charge is 0.376 e. The lowest BCUT2D eigenvalue weighted by Gasteiger charge is -2.52. The minimum atomic E-state index is 0.159. The molecule has 1 aromatic heterocycles. The Labute approximate surface area is 117 Å². The first-order valence-corrected chi connectivity index (χ1v) is 7.19. The highest BCUT2D eigenvalue weighted by Crippen LogP contribution is 2.39. The Morgan fingerprint density at radius 2 is 2.20 bits per heavy atom. The van der Waals surface area contributed by atoms with Crippen molar-refractivity contribution < 1.29 is 4.74 Å². The van der Waals surface area contributed by atoms with Crippen molar-refractivity contribution in [2.75, 3.05) is 11.9 Å². The second kappa shape index (κ2) is 4.68. The Morgan fingerprint density at radius 3 is 3.15 bits per heavy atom. The molecule has 4 unspecified atom stereocenters. The van der Waals surface area contributed by atoms with E-state index in [-0.39, 0.29) is 18.2 Å². The van der Waals surface area contributed by atoms with Crippen molar-refractivity contribution in [1.29, 1.82) is 0 Å². The van der Waals surface area contributed by atoms with E-state index in [2.05, 4.69) is 21.6 Å². The summed E-state index contributed by atoms with van der Waals surface area (Å²) in [6, 6.07) is 8.33. The summed E-state index contributed by atoms with van der Waals surface area (Å²) in [5.41, 5.74) is 8.18. The molecule has 2 aromatic rings. The number of fused-ring (bicyclic) bond motifs is 2. The number of ether oxygens (including phenoxy) is 1. The first-order chi connectivity index (χ1) is 9.84. The minimum Gasteiger partial charge on any atom is -0.376 e. The van der Waals surface area contributed by atoms with Crippen LogP contribution in [0.2, 0.25) is 0 Å². The first kappa shape index (κ1) is 12.1. The van der Waals surface area contributed by atoms with Gasteiger partial charge in [-0.3, -0.25) is 0 Å². The molecule has 3 N–H and O–H groups in total. The van der Waals surface area contributed by atoms with Gasteiger partial charge in [0.25, 0.3) is 0 Å². The van der Waals surface area contributed by atoms with Crippen molar-refractivity contribution in [2.45, 2.75) is 31.0 Å². The minimum absolute atomic E-state index is 0.159. The molecule has 1 aliphatic carbocycles. The van der Waals surface area contributed by atoms with Crippen LogP contribution in [0.15, 0.2) is 30.5 Å². The molecule has 1 aromatic carbocycles. The van der Waals surface area contributed by atoms with E-state index in [1.807, 2.05) is 18.2 Å². The van der Waals surface area contributed by atoms with E-state index in [4.69, 9.17) is 10.5 Å². The fourth-order valence-corrected chi connectivity index (χ4v) is 3.43. The highest BCUT2D eigenvalue weighted by Gasteiger charge is 2.50. The predicted octanol–water partition coefficient (Wildman–Crippen LogP) is 1.55. The van der Waals surface area contributed by atoms with Crippen molar-refractivity contribution in [3.8, 4) is 0 Å². The molecule has 0 radical (unpaired) electrons. The van der Waals surface area contributed by atoms with Crippen LogP contribution in [0.1, 0.15) is 12.8 Å². The molecule has 1 saturated heterocycles. The number of anilines is 1. The van der Waals surface area contributed by atoms with Crippen LogP contribution < -0.4 is 11.1 Å². The van der Waals surface area contributed by atoms with Crippen LogP contribution in [0.3, 0.4) is 0 Å². The monoisotopic (exact) mass is 270 g/mol. The van der Waals surface area contributed by atoms with E-state index in [1.165, 1.54) is 6.42 Å². The van der Waals surface area contributed by atoms with Gasteiger partial charge in [0, 0.05) is 24.0 Å². The van der Waals surface area contributed by atoms with Gasteiger partial charge in [-0.1, -0.05) is 18.2 Å². The van der Waals surface area contributed by atoms with E-state index in [0.717, 1.165) is 29.6 Å². The standard InChI is InChI=1S/C15H18N4O/c16-13-10-5-3-7-20-15(10)14(13)18-12-8-17-19-11-6-2-1-4-9(11)12/h1-2,4,6,8,10,13-15H,3,5,7,16H2,(H,18,19). The molecule has 1 aliphatic heterocycles. The third kappa shape index (κ3) is 1.77. The van der Waals surface area contributed by atoms with Crippen LogP contribution in [-0.2, 0) is 4.74 Å². The van der Waals surface area contributed by atoms with Crippen molar-refractivity contribution in [3.63, 3.8) is 0 Å². The van der Waals surface area contributed by atoms with E-state index in [0.29, 0.717) is 5.92 Å². The highest BCUT2D eigenvalue weighted by molar-refractivity contribution is 5.90. The molecule has 0 bridgehead atoms. The number of rotatable bonds is 2. The molecule has 20 heavy (non-hydrogen) atoms. The molecular formula is C15H18N4O. The highest BCUT2D eigenvalue weighted by atomic mass is 16.5. The van der Waals surface area contributed by atoms with Crippen LogP contribution in [0.4, 0.5) is 5.69 Å². The van der Waals surface area contributed by atoms with Crippen LogP contribution in [0.25, 0.3) is 10.9 Å². The predicted molar refractivity (Wildman–Crippen MR) is 77.4 cm³/mol. The fourth-order valence-electron chi connectivity index (χ4n) is 3.43. The maximum Gasteiger partial charge on any atom is 0.0950 e. The molecule has 4 atom stereocenters. The van der Waals surface area contributed by atoms with E-state index in [9.17, 15) is 0 Å². The smallest absolute Gasteiger partial charge is 0.0950 e. The average Bonchev–Trinajstić information content (AvgIpc) is 2.52. The van der Waals surface area contributed by atoms with Gasteiger partial charge < -0.3 is 15.8 Å². The Morgan fingerprint density at radius 1 is 1.30 bits per heavy atom. The van der Waals surface area contributed by atoms with Crippen molar-refractivity contribution in [3.05, 3.63) is 30.5 Å². The lowest BCUT2D eigenvalue weighted by Crippen LogP contribution is -2.69. The molecule has 0 spiro atoms. The van der Waals surface area contributed by atoms with Crippen molar-refractivity contribution in [1.82, 2.24) is 10.2 Å². The van der Waals surface area contributed by atoms with Crippen LogP contribution >= 0.6 is 0 Å². The number of hydrogen-bond donors (Lipinski definition) is 2. The summed E-state index contributed by atoms with van der Waals surface area (Å²) < 4.78 is 5.87. The number of aromatic nitrogens is 2. The zero-order valence-corrected chi connectivity index (χ0v) is 11.2. The maximum atomic E-state index is 6.29. The summed E-state index contributed by atoms with van der Waals surface area (Å²) in [4.78, 5) is 0. The van der Waals surface area contributed by atoms with Gasteiger partial charge in [0.15, 0.2) is 0 Å². The van der Waals surface area contributed by atoms with E-state index in [1.54, 1.807) is 6.20 Å². The average molecular weight is 270 g/mol. The van der Waals surface area contributed by atoms with E-state index < -0.39 is 0 Å². The Bertz CT molecular complexity index is 627. The first-order valence-electron chi connectivity index (χ1n) is 7.19. The van der Waals surface area contributed by atoms with Crippen LogP contribution in [0, 0.1) is 5.92 Å². The second-order valence-electron chi connectivity index (χ2n) is 5.66. The summed E-state index contributed by atoms with van der Waals surface area (Å²) in [7, 11) is 0. The molecule has 5 nitrogen and oxygen atoms in total. The molecule has 4 rings (SSSR count). The summed E-state index contributed by atoms with van der Waals surface area (Å²) in [6.07, 6.45) is 4.32. The summed E-state index contributed by atoms with van der Waals surface area (Å²) in [5.74, 6) is 0.502. The Hall–Kier alpha value is -1.72. The molecule has 1 saturated carbocycles. The maximum absolute atomic E-state index is 6.29. The van der Waals surface area contributed by atoms with Crippen molar-refractivity contribution in [2.24, 2.45) is 11.7 Å². The second-order valence-corrected chi connectivity index (χ2v) is 5.66. The van der Waals surface area contributed by atoms with Gasteiger partial charge in [0.2, 0.25) is 0 Å². The molecule has 104 valence electrons. The molecular weight excluding hydrogens is 252 g/mol. The Balaban J connectivity index is 1.62. The van der Waals surface area contributed by atoms with Crippen LogP contribution in [0.5, 0.6) is 0 Å². The van der Waals surface area contributed by atoms with Gasteiger partial charge in [0.05, 0.1) is 29.5 Å². The van der Waals surface area contributed by atoms with Gasteiger partial charge in [-0.05, 0) is 18.9 Å². The number of nitrogens with two attached hydrogens (primary N) is 1. The number of benzene rings is 1. The normalized spacial score (nSPS) is 32.5. The molecule has 2 heterocycles. The van der Waals surface area contributed by atoms with Gasteiger partial charge in [0.1, 0.15) is 0 Å². The SMILES string of the molecule is NC1C2CCCOC2C1Nc1cnnc2ccccc12. The Kier molecular flexibility index (Phi) is 2.82. The summed E-state index contributed by atoms with van der Waals surface area (Å²) >= 11 is 0. The topological polar surface area (TPSA) is 73.1 Å².